The van der Waals surface area contributed by atoms with Gasteiger partial charge >= 0.3 is 0 Å². The fraction of sp³-hybridized carbons (Fsp3) is 0.143. The first-order valence-electron chi connectivity index (χ1n) is 5.18. The molecule has 0 bridgehead atoms. The average Bonchev–Trinajstić information content (AvgIpc) is 2.28. The first kappa shape index (κ1) is 11.2. The Labute approximate surface area is 101 Å². The van der Waals surface area contributed by atoms with E-state index < -0.39 is 5.60 Å². The summed E-state index contributed by atoms with van der Waals surface area (Å²) in [6.45, 7) is 0. The van der Waals surface area contributed by atoms with Crippen LogP contribution in [-0.2, 0) is 0 Å². The van der Waals surface area contributed by atoms with Crippen molar-refractivity contribution >= 4 is 24.1 Å². The lowest BCUT2D eigenvalue weighted by Crippen LogP contribution is -2.30. The first-order chi connectivity index (χ1) is 7.30. The van der Waals surface area contributed by atoms with Gasteiger partial charge in [-0.25, -0.2) is 0 Å². The van der Waals surface area contributed by atoms with Crippen LogP contribution in [0.2, 0.25) is 0 Å². The van der Waals surface area contributed by atoms with Crippen molar-refractivity contribution < 1.29 is 5.11 Å². The lowest BCUT2D eigenvalue weighted by atomic mass is 9.77. The first-order valence-corrected chi connectivity index (χ1v) is 5.18. The van der Waals surface area contributed by atoms with Gasteiger partial charge in [0, 0.05) is 6.42 Å². The molecular weight excluding hydrogens is 220 g/mol. The number of allylic oxidation sites excluding steroid dienone is 2. The van der Waals surface area contributed by atoms with Crippen molar-refractivity contribution in [3.63, 3.8) is 0 Å². The van der Waals surface area contributed by atoms with Gasteiger partial charge in [0.15, 0.2) is 0 Å². The summed E-state index contributed by atoms with van der Waals surface area (Å²) in [5.74, 6) is 0. The van der Waals surface area contributed by atoms with Crippen molar-refractivity contribution in [2.24, 2.45) is 0 Å². The molecular formula is C14H13ClO. The second-order valence-electron chi connectivity index (χ2n) is 4.06. The van der Waals surface area contributed by atoms with Gasteiger partial charge in [-0.2, -0.15) is 0 Å². The van der Waals surface area contributed by atoms with Crippen LogP contribution in [0.15, 0.2) is 48.6 Å². The van der Waals surface area contributed by atoms with Gasteiger partial charge in [-0.1, -0.05) is 48.6 Å². The highest BCUT2D eigenvalue weighted by Gasteiger charge is 2.33. The fourth-order valence-corrected chi connectivity index (χ4v) is 2.26. The van der Waals surface area contributed by atoms with E-state index in [1.165, 1.54) is 5.56 Å². The summed E-state index contributed by atoms with van der Waals surface area (Å²) in [5, 5.41) is 10.4. The van der Waals surface area contributed by atoms with E-state index in [0.29, 0.717) is 6.42 Å². The van der Waals surface area contributed by atoms with E-state index in [4.69, 9.17) is 0 Å². The maximum Gasteiger partial charge on any atom is 0.112 e. The predicted molar refractivity (Wildman–Crippen MR) is 69.4 cm³/mol. The van der Waals surface area contributed by atoms with Gasteiger partial charge < -0.3 is 5.11 Å². The lowest BCUT2D eigenvalue weighted by Gasteiger charge is -2.33. The molecule has 0 aliphatic heterocycles. The summed E-state index contributed by atoms with van der Waals surface area (Å²) in [4.78, 5) is 0. The van der Waals surface area contributed by atoms with E-state index in [1.54, 1.807) is 0 Å². The van der Waals surface area contributed by atoms with Crippen molar-refractivity contribution in [3.8, 4) is 0 Å². The molecule has 0 saturated carbocycles. The third kappa shape index (κ3) is 1.53. The van der Waals surface area contributed by atoms with Crippen molar-refractivity contribution in [3.05, 3.63) is 59.7 Å². The van der Waals surface area contributed by atoms with Gasteiger partial charge in [-0.3, -0.25) is 0 Å². The summed E-state index contributed by atoms with van der Waals surface area (Å²) in [6.07, 6.45) is 10.6. The molecule has 0 radical (unpaired) electrons. The van der Waals surface area contributed by atoms with E-state index in [1.807, 2.05) is 42.5 Å². The van der Waals surface area contributed by atoms with Crippen LogP contribution in [0.1, 0.15) is 17.5 Å². The standard InChI is InChI=1S/C14H12O.ClH/c15-14-9-4-3-7-13(14)12-6-2-1-5-11(12)8-10-14;/h1-8,10,15H,9H2;1H. The molecule has 0 amide bonds. The van der Waals surface area contributed by atoms with Gasteiger partial charge in [0.1, 0.15) is 5.60 Å². The predicted octanol–water partition coefficient (Wildman–Crippen LogP) is 3.21. The Morgan fingerprint density at radius 2 is 2.00 bits per heavy atom. The molecule has 0 heterocycles. The maximum atomic E-state index is 10.4. The molecule has 2 aliphatic rings. The minimum atomic E-state index is -0.789. The topological polar surface area (TPSA) is 20.2 Å². The Balaban J connectivity index is 0.000000963. The quantitative estimate of drug-likeness (QED) is 0.728. The third-order valence-corrected chi connectivity index (χ3v) is 3.08. The van der Waals surface area contributed by atoms with E-state index in [-0.39, 0.29) is 12.4 Å². The number of halogens is 1. The SMILES string of the molecule is Cl.OC12C=Cc3ccccc3C1=CC=CC2. The normalized spacial score (nSPS) is 25.2. The zero-order valence-electron chi connectivity index (χ0n) is 8.76. The van der Waals surface area contributed by atoms with E-state index >= 15 is 0 Å². The number of aliphatic hydroxyl groups is 1. The van der Waals surface area contributed by atoms with Crippen LogP contribution in [0.4, 0.5) is 0 Å². The monoisotopic (exact) mass is 232 g/mol. The minimum absolute atomic E-state index is 0. The summed E-state index contributed by atoms with van der Waals surface area (Å²) in [7, 11) is 0. The highest BCUT2D eigenvalue weighted by molar-refractivity contribution is 5.86. The van der Waals surface area contributed by atoms with Gasteiger partial charge in [-0.15, -0.1) is 12.4 Å². The van der Waals surface area contributed by atoms with Crippen molar-refractivity contribution in [2.45, 2.75) is 12.0 Å². The molecule has 1 aromatic rings. The largest absolute Gasteiger partial charge is 0.381 e. The smallest absolute Gasteiger partial charge is 0.112 e. The second kappa shape index (κ2) is 3.93. The van der Waals surface area contributed by atoms with E-state index in [0.717, 1.165) is 11.1 Å². The van der Waals surface area contributed by atoms with Crippen LogP contribution < -0.4 is 0 Å². The molecule has 0 spiro atoms. The molecule has 0 saturated heterocycles. The summed E-state index contributed by atoms with van der Waals surface area (Å²) in [5.41, 5.74) is 2.56. The molecule has 82 valence electrons. The Kier molecular flexibility index (Phi) is 2.75. The second-order valence-corrected chi connectivity index (χ2v) is 4.06. The van der Waals surface area contributed by atoms with Gasteiger partial charge in [-0.05, 0) is 22.8 Å². The van der Waals surface area contributed by atoms with Crippen LogP contribution in [0, 0.1) is 0 Å². The van der Waals surface area contributed by atoms with Crippen LogP contribution >= 0.6 is 12.4 Å². The van der Waals surface area contributed by atoms with Crippen molar-refractivity contribution in [2.75, 3.05) is 0 Å². The van der Waals surface area contributed by atoms with Crippen LogP contribution in [0.25, 0.3) is 11.6 Å². The van der Waals surface area contributed by atoms with Crippen LogP contribution in [0.5, 0.6) is 0 Å². The molecule has 1 N–H and O–H groups in total. The zero-order chi connectivity index (χ0) is 10.3. The highest BCUT2D eigenvalue weighted by atomic mass is 35.5. The zero-order valence-corrected chi connectivity index (χ0v) is 9.58. The molecule has 3 rings (SSSR count). The number of rotatable bonds is 0. The van der Waals surface area contributed by atoms with E-state index in [2.05, 4.69) is 12.1 Å². The Bertz CT molecular complexity index is 499. The molecule has 2 aliphatic carbocycles. The molecule has 1 aromatic carbocycles. The molecule has 16 heavy (non-hydrogen) atoms. The van der Waals surface area contributed by atoms with Crippen molar-refractivity contribution in [1.29, 1.82) is 0 Å². The van der Waals surface area contributed by atoms with Gasteiger partial charge in [0.2, 0.25) is 0 Å². The molecule has 1 atom stereocenters. The maximum absolute atomic E-state index is 10.4. The lowest BCUT2D eigenvalue weighted by molar-refractivity contribution is 0.155. The molecule has 0 fully saturated rings. The molecule has 2 heteroatoms. The molecule has 0 aromatic heterocycles. The number of fused-ring (bicyclic) bond motifs is 3. The average molecular weight is 233 g/mol. The molecule has 1 unspecified atom stereocenters. The highest BCUT2D eigenvalue weighted by Crippen LogP contribution is 2.40. The Hall–Kier alpha value is -1.31. The third-order valence-electron chi connectivity index (χ3n) is 3.08. The van der Waals surface area contributed by atoms with Gasteiger partial charge in [0.25, 0.3) is 0 Å². The summed E-state index contributed by atoms with van der Waals surface area (Å²) < 4.78 is 0. The number of hydrogen-bond acceptors (Lipinski definition) is 1. The Morgan fingerprint density at radius 1 is 1.19 bits per heavy atom. The van der Waals surface area contributed by atoms with E-state index in [9.17, 15) is 5.11 Å². The van der Waals surface area contributed by atoms with Crippen LogP contribution in [0.3, 0.4) is 0 Å². The molecule has 1 nitrogen and oxygen atoms in total. The van der Waals surface area contributed by atoms with Crippen molar-refractivity contribution in [1.82, 2.24) is 0 Å². The fourth-order valence-electron chi connectivity index (χ4n) is 2.26. The Morgan fingerprint density at radius 3 is 2.88 bits per heavy atom. The summed E-state index contributed by atoms with van der Waals surface area (Å²) in [6, 6.07) is 8.17. The summed E-state index contributed by atoms with van der Waals surface area (Å²) >= 11 is 0. The van der Waals surface area contributed by atoms with Gasteiger partial charge in [0.05, 0.1) is 0 Å². The number of benzene rings is 1. The van der Waals surface area contributed by atoms with Crippen LogP contribution in [-0.4, -0.2) is 10.7 Å². The minimum Gasteiger partial charge on any atom is -0.381 e. The number of hydrogen-bond donors (Lipinski definition) is 1.